The van der Waals surface area contributed by atoms with Gasteiger partial charge in [-0.25, -0.2) is 13.1 Å². The number of hydrogen-bond donors (Lipinski definition) is 3. The number of nitrogens with two attached hydrogens (primary N) is 1. The second-order valence-corrected chi connectivity index (χ2v) is 7.62. The highest BCUT2D eigenvalue weighted by Crippen LogP contribution is 2.24. The SMILES string of the molecule is Nc1ccc(Br)c(S(=O)(=O)NCCCC(=O)NC2CC2)c1. The Morgan fingerprint density at radius 3 is 2.76 bits per heavy atom. The summed E-state index contributed by atoms with van der Waals surface area (Å²) in [5.74, 6) is -0.0261. The largest absolute Gasteiger partial charge is 0.399 e. The average Bonchev–Trinajstić information content (AvgIpc) is 3.21. The van der Waals surface area contributed by atoms with Crippen LogP contribution in [0, 0.1) is 0 Å². The molecule has 0 saturated heterocycles. The number of hydrogen-bond acceptors (Lipinski definition) is 4. The first-order valence-corrected chi connectivity index (χ1v) is 9.00. The highest BCUT2D eigenvalue weighted by atomic mass is 79.9. The van der Waals surface area contributed by atoms with E-state index in [-0.39, 0.29) is 17.3 Å². The van der Waals surface area contributed by atoms with Crippen LogP contribution in [0.15, 0.2) is 27.6 Å². The Morgan fingerprint density at radius 2 is 2.10 bits per heavy atom. The number of anilines is 1. The monoisotopic (exact) mass is 375 g/mol. The van der Waals surface area contributed by atoms with Crippen molar-refractivity contribution < 1.29 is 13.2 Å². The molecule has 0 radical (unpaired) electrons. The van der Waals surface area contributed by atoms with Crippen LogP contribution in [0.2, 0.25) is 0 Å². The number of carbonyl (C=O) groups excluding carboxylic acids is 1. The number of halogens is 1. The summed E-state index contributed by atoms with van der Waals surface area (Å²) in [5.41, 5.74) is 5.98. The van der Waals surface area contributed by atoms with E-state index in [9.17, 15) is 13.2 Å². The van der Waals surface area contributed by atoms with E-state index >= 15 is 0 Å². The number of amides is 1. The smallest absolute Gasteiger partial charge is 0.241 e. The Labute approximate surface area is 132 Å². The van der Waals surface area contributed by atoms with E-state index in [1.807, 2.05) is 0 Å². The van der Waals surface area contributed by atoms with Crippen LogP contribution in [0.25, 0.3) is 0 Å². The van der Waals surface area contributed by atoms with Gasteiger partial charge in [0, 0.05) is 29.2 Å². The summed E-state index contributed by atoms with van der Waals surface area (Å²) in [6.07, 6.45) is 2.86. The second kappa shape index (κ2) is 6.76. The van der Waals surface area contributed by atoms with Crippen LogP contribution >= 0.6 is 15.9 Å². The molecule has 1 fully saturated rings. The van der Waals surface area contributed by atoms with Gasteiger partial charge in [-0.2, -0.15) is 0 Å². The Morgan fingerprint density at radius 1 is 1.38 bits per heavy atom. The van der Waals surface area contributed by atoms with E-state index in [1.165, 1.54) is 6.07 Å². The predicted octanol–water partition coefficient (Wildman–Crippen LogP) is 1.37. The number of nitrogen functional groups attached to an aromatic ring is 1. The first kappa shape index (κ1) is 16.3. The molecule has 0 bridgehead atoms. The normalized spacial score (nSPS) is 14.9. The third kappa shape index (κ3) is 4.98. The molecule has 1 aromatic carbocycles. The zero-order valence-electron chi connectivity index (χ0n) is 11.4. The van der Waals surface area contributed by atoms with Crippen LogP contribution < -0.4 is 15.8 Å². The average molecular weight is 376 g/mol. The molecule has 0 aliphatic heterocycles. The third-order valence-electron chi connectivity index (χ3n) is 3.06. The molecule has 0 heterocycles. The molecule has 1 aliphatic carbocycles. The molecule has 1 aliphatic rings. The van der Waals surface area contributed by atoms with Crippen molar-refractivity contribution in [2.75, 3.05) is 12.3 Å². The van der Waals surface area contributed by atoms with Gasteiger partial charge in [0.05, 0.1) is 4.90 Å². The van der Waals surface area contributed by atoms with Crippen molar-refractivity contribution >= 4 is 37.5 Å². The van der Waals surface area contributed by atoms with Gasteiger partial charge in [-0.15, -0.1) is 0 Å². The summed E-state index contributed by atoms with van der Waals surface area (Å²) in [5, 5.41) is 2.86. The predicted molar refractivity (Wildman–Crippen MR) is 84.1 cm³/mol. The van der Waals surface area contributed by atoms with Crippen molar-refractivity contribution in [2.24, 2.45) is 0 Å². The van der Waals surface area contributed by atoms with Crippen molar-refractivity contribution in [1.29, 1.82) is 0 Å². The number of benzene rings is 1. The molecule has 1 saturated carbocycles. The lowest BCUT2D eigenvalue weighted by Gasteiger charge is -2.09. The van der Waals surface area contributed by atoms with Gasteiger partial charge in [0.1, 0.15) is 0 Å². The molecule has 0 spiro atoms. The molecule has 8 heteroatoms. The van der Waals surface area contributed by atoms with E-state index in [4.69, 9.17) is 5.73 Å². The lowest BCUT2D eigenvalue weighted by molar-refractivity contribution is -0.121. The van der Waals surface area contributed by atoms with Crippen LogP contribution in [0.5, 0.6) is 0 Å². The third-order valence-corrected chi connectivity index (χ3v) is 5.51. The van der Waals surface area contributed by atoms with E-state index < -0.39 is 10.0 Å². The van der Waals surface area contributed by atoms with Crippen molar-refractivity contribution in [3.05, 3.63) is 22.7 Å². The fourth-order valence-corrected chi connectivity index (χ4v) is 3.86. The van der Waals surface area contributed by atoms with Crippen LogP contribution in [-0.2, 0) is 14.8 Å². The maximum Gasteiger partial charge on any atom is 0.241 e. The molecular weight excluding hydrogens is 358 g/mol. The highest BCUT2D eigenvalue weighted by molar-refractivity contribution is 9.10. The van der Waals surface area contributed by atoms with Gasteiger partial charge in [-0.3, -0.25) is 4.79 Å². The van der Waals surface area contributed by atoms with E-state index in [0.29, 0.717) is 29.0 Å². The number of rotatable bonds is 7. The van der Waals surface area contributed by atoms with E-state index in [2.05, 4.69) is 26.0 Å². The van der Waals surface area contributed by atoms with Crippen LogP contribution in [0.3, 0.4) is 0 Å². The zero-order chi connectivity index (χ0) is 15.5. The van der Waals surface area contributed by atoms with Gasteiger partial charge in [-0.1, -0.05) is 0 Å². The fourth-order valence-electron chi connectivity index (χ4n) is 1.79. The Bertz CT molecular complexity index is 630. The number of carbonyl (C=O) groups is 1. The lowest BCUT2D eigenvalue weighted by Crippen LogP contribution is -2.28. The molecule has 4 N–H and O–H groups in total. The van der Waals surface area contributed by atoms with Crippen LogP contribution in [0.4, 0.5) is 5.69 Å². The van der Waals surface area contributed by atoms with Crippen molar-refractivity contribution in [3.63, 3.8) is 0 Å². The standard InChI is InChI=1S/C13H18BrN3O3S/c14-11-6-3-9(15)8-12(11)21(19,20)16-7-1-2-13(18)17-10-4-5-10/h3,6,8,10,16H,1-2,4-5,7,15H2,(H,17,18). The Balaban J connectivity index is 1.83. The summed E-state index contributed by atoms with van der Waals surface area (Å²) < 4.78 is 27.2. The van der Waals surface area contributed by atoms with Crippen LogP contribution in [-0.4, -0.2) is 26.9 Å². The summed E-state index contributed by atoms with van der Waals surface area (Å²) in [6, 6.07) is 4.93. The maximum absolute atomic E-state index is 12.1. The molecule has 21 heavy (non-hydrogen) atoms. The van der Waals surface area contributed by atoms with E-state index in [0.717, 1.165) is 12.8 Å². The zero-order valence-corrected chi connectivity index (χ0v) is 13.8. The second-order valence-electron chi connectivity index (χ2n) is 5.03. The molecule has 0 aromatic heterocycles. The van der Waals surface area contributed by atoms with Crippen molar-refractivity contribution in [3.8, 4) is 0 Å². The van der Waals surface area contributed by atoms with Gasteiger partial charge in [0.15, 0.2) is 0 Å². The topological polar surface area (TPSA) is 101 Å². The number of nitrogens with one attached hydrogen (secondary N) is 2. The molecule has 0 atom stereocenters. The highest BCUT2D eigenvalue weighted by Gasteiger charge is 2.23. The van der Waals surface area contributed by atoms with Gasteiger partial charge in [0.2, 0.25) is 15.9 Å². The lowest BCUT2D eigenvalue weighted by atomic mass is 10.3. The van der Waals surface area contributed by atoms with Crippen LogP contribution in [0.1, 0.15) is 25.7 Å². The summed E-state index contributed by atoms with van der Waals surface area (Å²) >= 11 is 3.19. The molecule has 2 rings (SSSR count). The minimum atomic E-state index is -3.63. The van der Waals surface area contributed by atoms with Gasteiger partial charge in [-0.05, 0) is 53.4 Å². The molecular formula is C13H18BrN3O3S. The maximum atomic E-state index is 12.1. The molecule has 0 unspecified atom stereocenters. The Kier molecular flexibility index (Phi) is 5.23. The molecule has 6 nitrogen and oxygen atoms in total. The van der Waals surface area contributed by atoms with Gasteiger partial charge in [0.25, 0.3) is 0 Å². The molecule has 1 aromatic rings. The van der Waals surface area contributed by atoms with Crippen molar-refractivity contribution in [2.45, 2.75) is 36.6 Å². The van der Waals surface area contributed by atoms with Gasteiger partial charge < -0.3 is 11.1 Å². The van der Waals surface area contributed by atoms with Gasteiger partial charge >= 0.3 is 0 Å². The van der Waals surface area contributed by atoms with Crippen molar-refractivity contribution in [1.82, 2.24) is 10.0 Å². The minimum absolute atomic E-state index is 0.0261. The summed E-state index contributed by atoms with van der Waals surface area (Å²) in [7, 11) is -3.63. The fraction of sp³-hybridized carbons (Fsp3) is 0.462. The summed E-state index contributed by atoms with van der Waals surface area (Å²) in [4.78, 5) is 11.6. The minimum Gasteiger partial charge on any atom is -0.399 e. The first-order valence-electron chi connectivity index (χ1n) is 6.72. The summed E-state index contributed by atoms with van der Waals surface area (Å²) in [6.45, 7) is 0.210. The number of sulfonamides is 1. The molecule has 116 valence electrons. The molecule has 1 amide bonds. The first-order chi connectivity index (χ1) is 9.88. The van der Waals surface area contributed by atoms with E-state index in [1.54, 1.807) is 12.1 Å². The Hall–Kier alpha value is -1.12. The quantitative estimate of drug-likeness (QED) is 0.494.